The summed E-state index contributed by atoms with van der Waals surface area (Å²) in [6, 6.07) is 0.279. The number of rotatable bonds is 5. The van der Waals surface area contributed by atoms with Crippen molar-refractivity contribution in [2.75, 3.05) is 13.1 Å². The van der Waals surface area contributed by atoms with Crippen LogP contribution >= 0.6 is 0 Å². The van der Waals surface area contributed by atoms with Gasteiger partial charge < -0.3 is 14.8 Å². The standard InChI is InChI=1S/C21H30N6O/c1-3-19-23-9-11-26(19)13-15(2)21(28)27-10-7-17-16(14-27)12-24-20(25-17)18-6-4-5-8-22-18/h9,11-12,15,18,22H,3-8,10,13-14H2,1-2H3/t15-,18-/m1/s1. The van der Waals surface area contributed by atoms with Gasteiger partial charge in [-0.2, -0.15) is 0 Å². The first-order chi connectivity index (χ1) is 13.7. The lowest BCUT2D eigenvalue weighted by atomic mass is 10.0. The van der Waals surface area contributed by atoms with Crippen molar-refractivity contribution in [1.29, 1.82) is 0 Å². The summed E-state index contributed by atoms with van der Waals surface area (Å²) in [4.78, 5) is 28.7. The lowest BCUT2D eigenvalue weighted by Crippen LogP contribution is -2.40. The zero-order valence-corrected chi connectivity index (χ0v) is 16.9. The van der Waals surface area contributed by atoms with Crippen LogP contribution in [0.1, 0.15) is 62.1 Å². The van der Waals surface area contributed by atoms with Crippen LogP contribution in [0.3, 0.4) is 0 Å². The van der Waals surface area contributed by atoms with E-state index < -0.39 is 0 Å². The molecule has 0 aromatic carbocycles. The van der Waals surface area contributed by atoms with E-state index in [0.717, 1.165) is 55.3 Å². The molecule has 1 amide bonds. The first-order valence-corrected chi connectivity index (χ1v) is 10.5. The number of nitrogens with zero attached hydrogens (tertiary/aromatic N) is 5. The molecule has 1 N–H and O–H groups in total. The molecule has 7 nitrogen and oxygen atoms in total. The van der Waals surface area contributed by atoms with Crippen molar-refractivity contribution in [3.8, 4) is 0 Å². The SMILES string of the molecule is CCc1nccn1C[C@@H](C)C(=O)N1CCc2nc([C@H]3CCCCN3)ncc2C1. The number of aromatic nitrogens is 4. The Morgan fingerprint density at radius 1 is 1.36 bits per heavy atom. The van der Waals surface area contributed by atoms with Crippen molar-refractivity contribution in [3.63, 3.8) is 0 Å². The van der Waals surface area contributed by atoms with Crippen molar-refractivity contribution in [1.82, 2.24) is 29.7 Å². The third kappa shape index (κ3) is 3.94. The van der Waals surface area contributed by atoms with E-state index in [2.05, 4.69) is 26.8 Å². The van der Waals surface area contributed by atoms with Crippen LogP contribution in [0.2, 0.25) is 0 Å². The molecule has 4 heterocycles. The van der Waals surface area contributed by atoms with Gasteiger partial charge >= 0.3 is 0 Å². The number of fused-ring (bicyclic) bond motifs is 1. The maximum absolute atomic E-state index is 13.0. The lowest BCUT2D eigenvalue weighted by molar-refractivity contribution is -0.136. The highest BCUT2D eigenvalue weighted by Crippen LogP contribution is 2.24. The molecule has 0 radical (unpaired) electrons. The van der Waals surface area contributed by atoms with Crippen LogP contribution < -0.4 is 5.32 Å². The fourth-order valence-electron chi connectivity index (χ4n) is 4.27. The molecule has 150 valence electrons. The molecule has 2 aliphatic rings. The van der Waals surface area contributed by atoms with Gasteiger partial charge in [-0.3, -0.25) is 4.79 Å². The van der Waals surface area contributed by atoms with Crippen LogP contribution in [0.4, 0.5) is 0 Å². The second-order valence-electron chi connectivity index (χ2n) is 7.96. The van der Waals surface area contributed by atoms with Gasteiger partial charge in [-0.1, -0.05) is 20.3 Å². The first-order valence-electron chi connectivity index (χ1n) is 10.5. The molecule has 0 unspecified atom stereocenters. The van der Waals surface area contributed by atoms with E-state index in [-0.39, 0.29) is 17.9 Å². The minimum absolute atomic E-state index is 0.0762. The number of carbonyl (C=O) groups is 1. The van der Waals surface area contributed by atoms with Crippen molar-refractivity contribution in [3.05, 3.63) is 41.5 Å². The third-order valence-corrected chi connectivity index (χ3v) is 5.90. The highest BCUT2D eigenvalue weighted by atomic mass is 16.2. The van der Waals surface area contributed by atoms with Crippen LogP contribution in [0.25, 0.3) is 0 Å². The molecule has 28 heavy (non-hydrogen) atoms. The van der Waals surface area contributed by atoms with Gasteiger partial charge in [0.15, 0.2) is 0 Å². The molecule has 2 aromatic rings. The Morgan fingerprint density at radius 3 is 3.04 bits per heavy atom. The summed E-state index contributed by atoms with van der Waals surface area (Å²) >= 11 is 0. The molecule has 4 rings (SSSR count). The van der Waals surface area contributed by atoms with Gasteiger partial charge in [-0.05, 0) is 19.4 Å². The highest BCUT2D eigenvalue weighted by molar-refractivity contribution is 5.78. The first kappa shape index (κ1) is 19.1. The molecule has 0 spiro atoms. The predicted octanol–water partition coefficient (Wildman–Crippen LogP) is 2.27. The van der Waals surface area contributed by atoms with Gasteiger partial charge in [0.25, 0.3) is 0 Å². The minimum atomic E-state index is -0.0762. The molecule has 2 atom stereocenters. The fraction of sp³-hybridized carbons (Fsp3) is 0.619. The van der Waals surface area contributed by atoms with Crippen molar-refractivity contribution < 1.29 is 4.79 Å². The number of hydrogen-bond donors (Lipinski definition) is 1. The van der Waals surface area contributed by atoms with Crippen LogP contribution in [-0.4, -0.2) is 43.4 Å². The Morgan fingerprint density at radius 2 is 2.25 bits per heavy atom. The Balaban J connectivity index is 1.41. The van der Waals surface area contributed by atoms with E-state index >= 15 is 0 Å². The molecule has 0 saturated carbocycles. The van der Waals surface area contributed by atoms with Crippen molar-refractivity contribution in [2.45, 2.75) is 65.1 Å². The Hall–Kier alpha value is -2.28. The average molecular weight is 383 g/mol. The molecule has 1 saturated heterocycles. The number of nitrogens with one attached hydrogen (secondary N) is 1. The van der Waals surface area contributed by atoms with Crippen LogP contribution in [-0.2, 0) is 30.7 Å². The topological polar surface area (TPSA) is 75.9 Å². The van der Waals surface area contributed by atoms with Gasteiger partial charge in [0, 0.05) is 56.6 Å². The second-order valence-corrected chi connectivity index (χ2v) is 7.96. The van der Waals surface area contributed by atoms with E-state index in [4.69, 9.17) is 4.98 Å². The summed E-state index contributed by atoms with van der Waals surface area (Å²) in [6.07, 6.45) is 11.0. The number of piperidine rings is 1. The van der Waals surface area contributed by atoms with Gasteiger partial charge in [-0.15, -0.1) is 0 Å². The predicted molar refractivity (Wildman–Crippen MR) is 107 cm³/mol. The number of imidazole rings is 1. The lowest BCUT2D eigenvalue weighted by Gasteiger charge is -2.31. The third-order valence-electron chi connectivity index (χ3n) is 5.90. The van der Waals surface area contributed by atoms with Gasteiger partial charge in [0.1, 0.15) is 11.6 Å². The van der Waals surface area contributed by atoms with E-state index in [1.165, 1.54) is 12.8 Å². The van der Waals surface area contributed by atoms with Crippen LogP contribution in [0, 0.1) is 5.92 Å². The maximum atomic E-state index is 13.0. The number of amides is 1. The number of aryl methyl sites for hydroxylation is 1. The molecule has 7 heteroatoms. The summed E-state index contributed by atoms with van der Waals surface area (Å²) in [5, 5.41) is 3.52. The molecular formula is C21H30N6O. The summed E-state index contributed by atoms with van der Waals surface area (Å²) in [7, 11) is 0. The van der Waals surface area contributed by atoms with Gasteiger partial charge in [0.05, 0.1) is 17.7 Å². The largest absolute Gasteiger partial charge is 0.338 e. The number of hydrogen-bond acceptors (Lipinski definition) is 5. The molecule has 2 aromatic heterocycles. The quantitative estimate of drug-likeness (QED) is 0.859. The van der Waals surface area contributed by atoms with Crippen molar-refractivity contribution in [2.24, 2.45) is 5.92 Å². The van der Waals surface area contributed by atoms with Crippen LogP contribution in [0.5, 0.6) is 0 Å². The van der Waals surface area contributed by atoms with E-state index in [1.54, 1.807) is 0 Å². The summed E-state index contributed by atoms with van der Waals surface area (Å²) in [5.74, 6) is 2.06. The highest BCUT2D eigenvalue weighted by Gasteiger charge is 2.27. The van der Waals surface area contributed by atoms with Gasteiger partial charge in [-0.25, -0.2) is 15.0 Å². The summed E-state index contributed by atoms with van der Waals surface area (Å²) < 4.78 is 2.09. The molecular weight excluding hydrogens is 352 g/mol. The van der Waals surface area contributed by atoms with Crippen LogP contribution in [0.15, 0.2) is 18.6 Å². The van der Waals surface area contributed by atoms with E-state index in [9.17, 15) is 4.79 Å². The zero-order valence-electron chi connectivity index (χ0n) is 16.9. The minimum Gasteiger partial charge on any atom is -0.338 e. The molecule has 1 fully saturated rings. The Labute approximate surface area is 166 Å². The maximum Gasteiger partial charge on any atom is 0.227 e. The zero-order chi connectivity index (χ0) is 19.5. The average Bonchev–Trinajstić information content (AvgIpc) is 3.20. The molecule has 0 bridgehead atoms. The van der Waals surface area contributed by atoms with Gasteiger partial charge in [0.2, 0.25) is 5.91 Å². The number of carbonyl (C=O) groups excluding carboxylic acids is 1. The van der Waals surface area contributed by atoms with E-state index in [1.807, 2.05) is 30.4 Å². The van der Waals surface area contributed by atoms with E-state index in [0.29, 0.717) is 13.1 Å². The normalized spacial score (nSPS) is 20.6. The fourth-order valence-corrected chi connectivity index (χ4v) is 4.27. The van der Waals surface area contributed by atoms with Crippen molar-refractivity contribution >= 4 is 5.91 Å². The second kappa shape index (κ2) is 8.39. The smallest absolute Gasteiger partial charge is 0.227 e. The monoisotopic (exact) mass is 382 g/mol. The summed E-state index contributed by atoms with van der Waals surface area (Å²) in [6.45, 7) is 7.16. The summed E-state index contributed by atoms with van der Waals surface area (Å²) in [5.41, 5.74) is 2.19. The Bertz CT molecular complexity index is 826. The Kier molecular flexibility index (Phi) is 5.71. The molecule has 2 aliphatic heterocycles. The molecule has 0 aliphatic carbocycles.